The van der Waals surface area contributed by atoms with E-state index in [9.17, 15) is 18.0 Å². The minimum absolute atomic E-state index is 0.0237. The molecule has 0 saturated carbocycles. The smallest absolute Gasteiger partial charge is 0.416 e. The van der Waals surface area contributed by atoms with Crippen LogP contribution in [-0.4, -0.2) is 32.3 Å². The second-order valence-corrected chi connectivity index (χ2v) is 8.13. The van der Waals surface area contributed by atoms with Crippen molar-refractivity contribution in [1.29, 1.82) is 0 Å². The molecule has 0 spiro atoms. The third-order valence-corrected chi connectivity index (χ3v) is 5.68. The molecule has 3 aromatic rings. The van der Waals surface area contributed by atoms with Gasteiger partial charge in [0.05, 0.1) is 18.7 Å². The lowest BCUT2D eigenvalue weighted by molar-refractivity contribution is -0.138. The predicted molar refractivity (Wildman–Crippen MR) is 115 cm³/mol. The van der Waals surface area contributed by atoms with Crippen LogP contribution in [-0.2, 0) is 26.2 Å². The Morgan fingerprint density at radius 3 is 2.70 bits per heavy atom. The van der Waals surface area contributed by atoms with Gasteiger partial charge in [-0.25, -0.2) is 0 Å². The van der Waals surface area contributed by atoms with Gasteiger partial charge in [0, 0.05) is 25.1 Å². The molecule has 1 aliphatic heterocycles. The molecule has 3 heterocycles. The van der Waals surface area contributed by atoms with Crippen molar-refractivity contribution in [1.82, 2.24) is 19.7 Å². The summed E-state index contributed by atoms with van der Waals surface area (Å²) in [4.78, 5) is 18.8. The van der Waals surface area contributed by atoms with Gasteiger partial charge in [-0.15, -0.1) is 10.2 Å². The van der Waals surface area contributed by atoms with E-state index in [1.807, 2.05) is 25.5 Å². The number of hydrogen-bond donors (Lipinski definition) is 0. The van der Waals surface area contributed by atoms with Crippen LogP contribution in [0.25, 0.3) is 0 Å². The lowest BCUT2D eigenvalue weighted by Crippen LogP contribution is -2.24. The van der Waals surface area contributed by atoms with E-state index in [4.69, 9.17) is 4.74 Å². The van der Waals surface area contributed by atoms with E-state index in [1.54, 1.807) is 18.5 Å². The minimum atomic E-state index is -4.54. The Kier molecular flexibility index (Phi) is 6.09. The zero-order chi connectivity index (χ0) is 23.8. The van der Waals surface area contributed by atoms with Crippen LogP contribution >= 0.6 is 0 Å². The molecule has 0 fully saturated rings. The molecule has 174 valence electrons. The van der Waals surface area contributed by atoms with Gasteiger partial charge in [0.25, 0.3) is 5.91 Å². The van der Waals surface area contributed by atoms with Crippen LogP contribution in [0.3, 0.4) is 0 Å². The van der Waals surface area contributed by atoms with E-state index in [0.29, 0.717) is 18.9 Å². The molecule has 0 radical (unpaired) electrons. The lowest BCUT2D eigenvalue weighted by atomic mass is 9.98. The Hall–Kier alpha value is -3.43. The highest BCUT2D eigenvalue weighted by molar-refractivity contribution is 6.09. The van der Waals surface area contributed by atoms with E-state index in [-0.39, 0.29) is 29.4 Å². The number of aromatic nitrogens is 4. The standard InChI is InChI=1S/C23H24F3N5O2/c1-4-8-33-21-11-15(14(2)9-20-29-27-13-30(20)3)10-19(28-21)31-12-17-16(22(31)32)6-5-7-18(17)23(24,25)26/h5-7,10-11,13-14H,4,8-9,12H2,1-3H3/t14-/m1/s1. The number of carbonyl (C=O) groups excluding carboxylic acids is 1. The molecule has 0 N–H and O–H groups in total. The summed E-state index contributed by atoms with van der Waals surface area (Å²) in [7, 11) is 1.86. The van der Waals surface area contributed by atoms with Crippen molar-refractivity contribution in [2.24, 2.45) is 7.05 Å². The third kappa shape index (κ3) is 4.55. The number of rotatable bonds is 7. The molecule has 1 aliphatic rings. The summed E-state index contributed by atoms with van der Waals surface area (Å²) in [5.41, 5.74) is 0.0459. The number of benzene rings is 1. The van der Waals surface area contributed by atoms with E-state index >= 15 is 0 Å². The number of nitrogens with zero attached hydrogens (tertiary/aromatic N) is 5. The number of fused-ring (bicyclic) bond motifs is 1. The molecule has 7 nitrogen and oxygen atoms in total. The lowest BCUT2D eigenvalue weighted by Gasteiger charge is -2.20. The Morgan fingerprint density at radius 1 is 1.24 bits per heavy atom. The molecular weight excluding hydrogens is 435 g/mol. The molecule has 0 saturated heterocycles. The monoisotopic (exact) mass is 459 g/mol. The van der Waals surface area contributed by atoms with E-state index in [1.165, 1.54) is 17.0 Å². The molecule has 2 aromatic heterocycles. The van der Waals surface area contributed by atoms with Crippen molar-refractivity contribution in [2.45, 2.75) is 45.3 Å². The zero-order valence-electron chi connectivity index (χ0n) is 18.6. The van der Waals surface area contributed by atoms with Gasteiger partial charge in [0.15, 0.2) is 0 Å². The fourth-order valence-electron chi connectivity index (χ4n) is 3.88. The van der Waals surface area contributed by atoms with Gasteiger partial charge in [-0.05, 0) is 41.7 Å². The van der Waals surface area contributed by atoms with Crippen molar-refractivity contribution >= 4 is 11.7 Å². The van der Waals surface area contributed by atoms with Crippen molar-refractivity contribution in [3.63, 3.8) is 0 Å². The first kappa shape index (κ1) is 22.8. The van der Waals surface area contributed by atoms with Crippen LogP contribution in [0.5, 0.6) is 5.88 Å². The fourth-order valence-corrected chi connectivity index (χ4v) is 3.88. The third-order valence-electron chi connectivity index (χ3n) is 5.68. The van der Waals surface area contributed by atoms with Crippen LogP contribution in [0.15, 0.2) is 36.7 Å². The van der Waals surface area contributed by atoms with Crippen molar-refractivity contribution in [3.8, 4) is 5.88 Å². The van der Waals surface area contributed by atoms with Gasteiger partial charge in [0.1, 0.15) is 18.0 Å². The largest absolute Gasteiger partial charge is 0.478 e. The zero-order valence-corrected chi connectivity index (χ0v) is 18.6. The minimum Gasteiger partial charge on any atom is -0.478 e. The molecular formula is C23H24F3N5O2. The van der Waals surface area contributed by atoms with E-state index in [0.717, 1.165) is 23.9 Å². The first-order valence-electron chi connectivity index (χ1n) is 10.7. The van der Waals surface area contributed by atoms with Crippen LogP contribution < -0.4 is 9.64 Å². The van der Waals surface area contributed by atoms with Gasteiger partial charge in [0.2, 0.25) is 5.88 Å². The quantitative estimate of drug-likeness (QED) is 0.519. The van der Waals surface area contributed by atoms with Gasteiger partial charge in [-0.2, -0.15) is 18.2 Å². The Labute approximate surface area is 189 Å². The van der Waals surface area contributed by atoms with Crippen molar-refractivity contribution in [2.75, 3.05) is 11.5 Å². The van der Waals surface area contributed by atoms with E-state index in [2.05, 4.69) is 15.2 Å². The summed E-state index contributed by atoms with van der Waals surface area (Å²) in [6.07, 6.45) is -1.58. The number of amides is 1. The number of ether oxygens (including phenoxy) is 1. The van der Waals surface area contributed by atoms with Gasteiger partial charge >= 0.3 is 6.18 Å². The number of alkyl halides is 3. The van der Waals surface area contributed by atoms with Crippen LogP contribution in [0.4, 0.5) is 19.0 Å². The molecule has 4 rings (SSSR count). The SMILES string of the molecule is CCCOc1cc([C@H](C)Cc2nncn2C)cc(N2Cc3c(cccc3C(F)(F)F)C2=O)n1. The summed E-state index contributed by atoms with van der Waals surface area (Å²) in [6.45, 7) is 4.19. The normalized spacial score (nSPS) is 14.5. The first-order chi connectivity index (χ1) is 15.7. The highest BCUT2D eigenvalue weighted by atomic mass is 19.4. The second kappa shape index (κ2) is 8.84. The maximum absolute atomic E-state index is 13.5. The van der Waals surface area contributed by atoms with Crippen molar-refractivity contribution < 1.29 is 22.7 Å². The number of aryl methyl sites for hydroxylation is 1. The Morgan fingerprint density at radius 2 is 2.03 bits per heavy atom. The maximum Gasteiger partial charge on any atom is 0.416 e. The Bertz CT molecular complexity index is 1180. The molecule has 0 bridgehead atoms. The average Bonchev–Trinajstić information content (AvgIpc) is 3.34. The first-order valence-corrected chi connectivity index (χ1v) is 10.7. The number of halogens is 3. The molecule has 0 aliphatic carbocycles. The summed E-state index contributed by atoms with van der Waals surface area (Å²) in [6, 6.07) is 7.21. The van der Waals surface area contributed by atoms with Gasteiger partial charge in [-0.1, -0.05) is 19.9 Å². The molecule has 0 unspecified atom stereocenters. The Balaban J connectivity index is 1.70. The molecule has 33 heavy (non-hydrogen) atoms. The number of hydrogen-bond acceptors (Lipinski definition) is 5. The highest BCUT2D eigenvalue weighted by Crippen LogP contribution is 2.39. The predicted octanol–water partition coefficient (Wildman–Crippen LogP) is 4.52. The summed E-state index contributed by atoms with van der Waals surface area (Å²) in [5, 5.41) is 8.02. The van der Waals surface area contributed by atoms with Crippen LogP contribution in [0.1, 0.15) is 59.1 Å². The summed E-state index contributed by atoms with van der Waals surface area (Å²) in [5.74, 6) is 0.843. The fraction of sp³-hybridized carbons (Fsp3) is 0.391. The molecule has 1 atom stereocenters. The molecule has 10 heteroatoms. The van der Waals surface area contributed by atoms with Crippen molar-refractivity contribution in [3.05, 3.63) is 64.7 Å². The number of anilines is 1. The second-order valence-electron chi connectivity index (χ2n) is 8.13. The highest BCUT2D eigenvalue weighted by Gasteiger charge is 2.40. The van der Waals surface area contributed by atoms with Gasteiger partial charge < -0.3 is 9.30 Å². The maximum atomic E-state index is 13.5. The molecule has 1 amide bonds. The summed E-state index contributed by atoms with van der Waals surface area (Å²) >= 11 is 0. The van der Waals surface area contributed by atoms with Gasteiger partial charge in [-0.3, -0.25) is 9.69 Å². The average molecular weight is 459 g/mol. The number of pyridine rings is 1. The van der Waals surface area contributed by atoms with Crippen LogP contribution in [0.2, 0.25) is 0 Å². The topological polar surface area (TPSA) is 73.1 Å². The summed E-state index contributed by atoms with van der Waals surface area (Å²) < 4.78 is 48.1. The molecule has 1 aromatic carbocycles. The van der Waals surface area contributed by atoms with E-state index < -0.39 is 17.6 Å². The van der Waals surface area contributed by atoms with Crippen LogP contribution in [0, 0.1) is 0 Å². The number of carbonyl (C=O) groups is 1.